The first-order valence-electron chi connectivity index (χ1n) is 8.26. The second kappa shape index (κ2) is 6.01. The fraction of sp³-hybridized carbons (Fsp3) is 0.471. The minimum absolute atomic E-state index is 0.417. The molecule has 6 nitrogen and oxygen atoms in total. The van der Waals surface area contributed by atoms with Gasteiger partial charge in [0.25, 0.3) is 0 Å². The Morgan fingerprint density at radius 1 is 1.17 bits per heavy atom. The SMILES string of the molecule is N#Cc1cc2cnc(NC3CCCNC3)cc2c(NC2CC2)n1. The van der Waals surface area contributed by atoms with Crippen LogP contribution in [0, 0.1) is 11.3 Å². The number of pyridine rings is 2. The zero-order chi connectivity index (χ0) is 15.6. The Balaban J connectivity index is 1.66. The van der Waals surface area contributed by atoms with Crippen LogP contribution in [0.1, 0.15) is 31.4 Å². The molecule has 1 saturated carbocycles. The lowest BCUT2D eigenvalue weighted by Gasteiger charge is -2.24. The fourth-order valence-corrected chi connectivity index (χ4v) is 3.00. The number of aromatic nitrogens is 2. The summed E-state index contributed by atoms with van der Waals surface area (Å²) in [5, 5.41) is 21.5. The van der Waals surface area contributed by atoms with Gasteiger partial charge in [0.15, 0.2) is 0 Å². The minimum Gasteiger partial charge on any atom is -0.367 e. The van der Waals surface area contributed by atoms with Gasteiger partial charge in [-0.05, 0) is 44.4 Å². The molecule has 23 heavy (non-hydrogen) atoms. The van der Waals surface area contributed by atoms with Crippen LogP contribution in [-0.4, -0.2) is 35.1 Å². The summed E-state index contributed by atoms with van der Waals surface area (Å²) < 4.78 is 0. The Labute approximate surface area is 135 Å². The largest absolute Gasteiger partial charge is 0.367 e. The number of rotatable bonds is 4. The maximum absolute atomic E-state index is 9.16. The lowest BCUT2D eigenvalue weighted by molar-refractivity contribution is 0.479. The maximum Gasteiger partial charge on any atom is 0.143 e. The van der Waals surface area contributed by atoms with Crippen LogP contribution >= 0.6 is 0 Å². The number of hydrogen-bond donors (Lipinski definition) is 3. The van der Waals surface area contributed by atoms with Crippen molar-refractivity contribution in [3.8, 4) is 6.07 Å². The van der Waals surface area contributed by atoms with Gasteiger partial charge in [-0.1, -0.05) is 0 Å². The van der Waals surface area contributed by atoms with Crippen molar-refractivity contribution in [2.45, 2.75) is 37.8 Å². The number of nitriles is 1. The van der Waals surface area contributed by atoms with Crippen LogP contribution in [0.5, 0.6) is 0 Å². The first kappa shape index (κ1) is 14.2. The third-order valence-electron chi connectivity index (χ3n) is 4.40. The molecular formula is C17H20N6. The highest BCUT2D eigenvalue weighted by Crippen LogP contribution is 2.30. The van der Waals surface area contributed by atoms with E-state index in [0.717, 1.165) is 41.9 Å². The van der Waals surface area contributed by atoms with Gasteiger partial charge in [0.05, 0.1) is 0 Å². The molecule has 0 bridgehead atoms. The molecular weight excluding hydrogens is 288 g/mol. The number of fused-ring (bicyclic) bond motifs is 1. The highest BCUT2D eigenvalue weighted by Gasteiger charge is 2.23. The third-order valence-corrected chi connectivity index (χ3v) is 4.40. The smallest absolute Gasteiger partial charge is 0.143 e. The highest BCUT2D eigenvalue weighted by atomic mass is 15.1. The summed E-state index contributed by atoms with van der Waals surface area (Å²) in [6, 6.07) is 6.88. The van der Waals surface area contributed by atoms with Crippen LogP contribution in [0.25, 0.3) is 10.8 Å². The van der Waals surface area contributed by atoms with E-state index in [1.807, 2.05) is 12.3 Å². The molecule has 0 spiro atoms. The summed E-state index contributed by atoms with van der Waals surface area (Å²) in [4.78, 5) is 8.96. The van der Waals surface area contributed by atoms with E-state index in [0.29, 0.717) is 17.8 Å². The van der Waals surface area contributed by atoms with Crippen molar-refractivity contribution in [2.24, 2.45) is 0 Å². The molecule has 3 N–H and O–H groups in total. The van der Waals surface area contributed by atoms with Crippen molar-refractivity contribution in [3.63, 3.8) is 0 Å². The van der Waals surface area contributed by atoms with Gasteiger partial charge >= 0.3 is 0 Å². The van der Waals surface area contributed by atoms with Crippen LogP contribution in [0.2, 0.25) is 0 Å². The molecule has 1 unspecified atom stereocenters. The molecule has 1 aliphatic heterocycles. The molecule has 1 aliphatic carbocycles. The van der Waals surface area contributed by atoms with Gasteiger partial charge < -0.3 is 16.0 Å². The molecule has 118 valence electrons. The molecule has 6 heteroatoms. The lowest BCUT2D eigenvalue weighted by atomic mass is 10.1. The van der Waals surface area contributed by atoms with Crippen molar-refractivity contribution in [3.05, 3.63) is 24.0 Å². The molecule has 1 atom stereocenters. The summed E-state index contributed by atoms with van der Waals surface area (Å²) in [5.74, 6) is 1.67. The first-order chi connectivity index (χ1) is 11.3. The van der Waals surface area contributed by atoms with Gasteiger partial charge in [0.1, 0.15) is 23.4 Å². The molecule has 2 fully saturated rings. The van der Waals surface area contributed by atoms with E-state index in [-0.39, 0.29) is 0 Å². The van der Waals surface area contributed by atoms with E-state index in [1.54, 1.807) is 6.07 Å². The number of hydrogen-bond acceptors (Lipinski definition) is 6. The monoisotopic (exact) mass is 308 g/mol. The maximum atomic E-state index is 9.16. The van der Waals surface area contributed by atoms with Gasteiger partial charge in [-0.2, -0.15) is 5.26 Å². The van der Waals surface area contributed by atoms with Gasteiger partial charge in [-0.3, -0.25) is 0 Å². The van der Waals surface area contributed by atoms with Gasteiger partial charge in [0.2, 0.25) is 0 Å². The average Bonchev–Trinajstić information content (AvgIpc) is 3.40. The Bertz CT molecular complexity index is 756. The van der Waals surface area contributed by atoms with E-state index < -0.39 is 0 Å². The first-order valence-corrected chi connectivity index (χ1v) is 8.26. The Morgan fingerprint density at radius 2 is 2.09 bits per heavy atom. The quantitative estimate of drug-likeness (QED) is 0.803. The van der Waals surface area contributed by atoms with E-state index in [4.69, 9.17) is 5.26 Å². The molecule has 1 saturated heterocycles. The van der Waals surface area contributed by atoms with Crippen LogP contribution < -0.4 is 16.0 Å². The average molecular weight is 308 g/mol. The Morgan fingerprint density at radius 3 is 2.83 bits per heavy atom. The van der Waals surface area contributed by atoms with E-state index >= 15 is 0 Å². The van der Waals surface area contributed by atoms with Crippen molar-refractivity contribution in [1.29, 1.82) is 5.26 Å². The summed E-state index contributed by atoms with van der Waals surface area (Å²) in [5.41, 5.74) is 0.430. The normalized spacial score (nSPS) is 20.9. The van der Waals surface area contributed by atoms with Gasteiger partial charge in [0, 0.05) is 35.6 Å². The molecule has 2 aromatic heterocycles. The number of nitrogens with one attached hydrogen (secondary N) is 3. The second-order valence-electron chi connectivity index (χ2n) is 6.36. The summed E-state index contributed by atoms with van der Waals surface area (Å²) >= 11 is 0. The molecule has 4 rings (SSSR count). The van der Waals surface area contributed by atoms with Crippen LogP contribution in [0.4, 0.5) is 11.6 Å². The Kier molecular flexibility index (Phi) is 3.72. The van der Waals surface area contributed by atoms with Gasteiger partial charge in [-0.25, -0.2) is 9.97 Å². The summed E-state index contributed by atoms with van der Waals surface area (Å²) in [7, 11) is 0. The number of nitrogens with zero attached hydrogens (tertiary/aromatic N) is 3. The zero-order valence-corrected chi connectivity index (χ0v) is 13.0. The number of piperidine rings is 1. The number of anilines is 2. The van der Waals surface area contributed by atoms with E-state index in [1.165, 1.54) is 19.3 Å². The highest BCUT2D eigenvalue weighted by molar-refractivity contribution is 5.93. The van der Waals surface area contributed by atoms with Crippen LogP contribution in [0.3, 0.4) is 0 Å². The van der Waals surface area contributed by atoms with E-state index in [2.05, 4.69) is 32.0 Å². The third kappa shape index (κ3) is 3.20. The molecule has 2 aromatic rings. The second-order valence-corrected chi connectivity index (χ2v) is 6.36. The lowest BCUT2D eigenvalue weighted by Crippen LogP contribution is -2.38. The van der Waals surface area contributed by atoms with Crippen molar-refractivity contribution in [1.82, 2.24) is 15.3 Å². The predicted molar refractivity (Wildman–Crippen MR) is 90.4 cm³/mol. The minimum atomic E-state index is 0.417. The summed E-state index contributed by atoms with van der Waals surface area (Å²) in [6.45, 7) is 2.07. The van der Waals surface area contributed by atoms with Gasteiger partial charge in [-0.15, -0.1) is 0 Å². The topological polar surface area (TPSA) is 85.7 Å². The standard InChI is InChI=1S/C17H20N6/c18-8-14-6-11-9-20-16(21-13-2-1-5-19-10-13)7-15(11)17(23-14)22-12-3-4-12/h6-7,9,12-13,19H,1-5,10H2,(H,20,21)(H,22,23). The van der Waals surface area contributed by atoms with E-state index in [9.17, 15) is 0 Å². The Hall–Kier alpha value is -2.39. The molecule has 0 radical (unpaired) electrons. The summed E-state index contributed by atoms with van der Waals surface area (Å²) in [6.07, 6.45) is 6.51. The molecule has 2 aliphatic rings. The molecule has 3 heterocycles. The molecule has 0 amide bonds. The van der Waals surface area contributed by atoms with Crippen molar-refractivity contribution in [2.75, 3.05) is 23.7 Å². The predicted octanol–water partition coefficient (Wildman–Crippen LogP) is 2.24. The van der Waals surface area contributed by atoms with Crippen LogP contribution in [-0.2, 0) is 0 Å². The molecule has 0 aromatic carbocycles. The van der Waals surface area contributed by atoms with Crippen LogP contribution in [0.15, 0.2) is 18.3 Å². The van der Waals surface area contributed by atoms with Crippen molar-refractivity contribution >= 4 is 22.4 Å². The fourth-order valence-electron chi connectivity index (χ4n) is 3.00. The van der Waals surface area contributed by atoms with Crippen molar-refractivity contribution < 1.29 is 0 Å². The zero-order valence-electron chi connectivity index (χ0n) is 13.0.